The molecular weight excluding hydrogens is 335 g/mol. The van der Waals surface area contributed by atoms with Crippen LogP contribution in [0.15, 0.2) is 30.3 Å². The van der Waals surface area contributed by atoms with E-state index in [1.807, 2.05) is 0 Å². The van der Waals surface area contributed by atoms with Gasteiger partial charge in [0.1, 0.15) is 0 Å². The molecule has 0 bridgehead atoms. The SMILES string of the molecule is O=C([O-])CN(CC(=O)[O-])[C@@H](Cc1ccccc1)C(=O)[O-].[Na+].[Na+].[Na+]. The standard InChI is InChI=1S/C13H15NO6.3Na/c15-11(16)7-14(8-12(17)18)10(13(19)20)6-9-4-2-1-3-5-9;;;/h1-5,10H,6-8H2,(H,15,16)(H,17,18)(H,19,20);;;/q;3*+1/p-3/t10-;;;/m0.../s1. The molecule has 0 amide bonds. The second kappa shape index (κ2) is 14.9. The summed E-state index contributed by atoms with van der Waals surface area (Å²) >= 11 is 0. The van der Waals surface area contributed by atoms with E-state index in [2.05, 4.69) is 0 Å². The molecule has 0 spiro atoms. The third-order valence-corrected chi connectivity index (χ3v) is 2.65. The Morgan fingerprint density at radius 2 is 1.30 bits per heavy atom. The number of carboxylic acids is 3. The first-order valence-electron chi connectivity index (χ1n) is 5.78. The quantitative estimate of drug-likeness (QED) is 0.428. The fourth-order valence-corrected chi connectivity index (χ4v) is 1.81. The van der Waals surface area contributed by atoms with Gasteiger partial charge in [0.25, 0.3) is 0 Å². The van der Waals surface area contributed by atoms with Crippen LogP contribution in [0.3, 0.4) is 0 Å². The number of benzene rings is 1. The number of aliphatic carboxylic acids is 3. The van der Waals surface area contributed by atoms with Crippen LogP contribution < -0.4 is 104 Å². The van der Waals surface area contributed by atoms with E-state index in [4.69, 9.17) is 0 Å². The van der Waals surface area contributed by atoms with Crippen molar-refractivity contribution in [3.05, 3.63) is 35.9 Å². The number of hydrogen-bond donors (Lipinski definition) is 0. The Kier molecular flexibility index (Phi) is 18.4. The summed E-state index contributed by atoms with van der Waals surface area (Å²) in [6, 6.07) is 7.00. The van der Waals surface area contributed by atoms with Gasteiger partial charge in [0.2, 0.25) is 0 Å². The van der Waals surface area contributed by atoms with Crippen LogP contribution in [0, 0.1) is 0 Å². The van der Waals surface area contributed by atoms with E-state index in [1.165, 1.54) is 0 Å². The molecule has 1 aromatic carbocycles. The van der Waals surface area contributed by atoms with Crippen molar-refractivity contribution < 1.29 is 118 Å². The molecule has 10 heteroatoms. The van der Waals surface area contributed by atoms with Gasteiger partial charge in [-0.2, -0.15) is 0 Å². The van der Waals surface area contributed by atoms with Gasteiger partial charge in [-0.15, -0.1) is 0 Å². The number of carbonyl (C=O) groups excluding carboxylic acids is 3. The summed E-state index contributed by atoms with van der Waals surface area (Å²) in [5.74, 6) is -4.72. The zero-order valence-corrected chi connectivity index (χ0v) is 19.5. The number of carboxylic acid groups (broad SMARTS) is 3. The summed E-state index contributed by atoms with van der Waals surface area (Å²) in [5, 5.41) is 32.3. The second-order valence-corrected chi connectivity index (χ2v) is 4.17. The van der Waals surface area contributed by atoms with Crippen molar-refractivity contribution >= 4 is 17.9 Å². The van der Waals surface area contributed by atoms with Gasteiger partial charge in [-0.3, -0.25) is 4.90 Å². The monoisotopic (exact) mass is 347 g/mol. The Hall–Kier alpha value is 0.590. The van der Waals surface area contributed by atoms with Crippen LogP contribution in [0.5, 0.6) is 0 Å². The van der Waals surface area contributed by atoms with Crippen LogP contribution >= 0.6 is 0 Å². The van der Waals surface area contributed by atoms with Gasteiger partial charge in [0.15, 0.2) is 0 Å². The topological polar surface area (TPSA) is 124 Å². The van der Waals surface area contributed by atoms with Gasteiger partial charge >= 0.3 is 88.7 Å². The first kappa shape index (κ1) is 28.4. The Morgan fingerprint density at radius 1 is 0.870 bits per heavy atom. The van der Waals surface area contributed by atoms with E-state index in [0.29, 0.717) is 5.56 Å². The summed E-state index contributed by atoms with van der Waals surface area (Å²) in [6.45, 7) is -1.67. The summed E-state index contributed by atoms with van der Waals surface area (Å²) in [6.07, 6.45) is -0.0796. The van der Waals surface area contributed by atoms with Crippen molar-refractivity contribution in [3.8, 4) is 0 Å². The molecule has 23 heavy (non-hydrogen) atoms. The largest absolute Gasteiger partial charge is 1.00 e. The molecule has 1 atom stereocenters. The van der Waals surface area contributed by atoms with Gasteiger partial charge < -0.3 is 29.7 Å². The maximum atomic E-state index is 11.1. The molecule has 1 aromatic rings. The molecule has 0 unspecified atom stereocenters. The van der Waals surface area contributed by atoms with Crippen molar-refractivity contribution in [2.75, 3.05) is 13.1 Å². The van der Waals surface area contributed by atoms with Gasteiger partial charge in [-0.1, -0.05) is 30.3 Å². The van der Waals surface area contributed by atoms with E-state index in [9.17, 15) is 29.7 Å². The number of carbonyl (C=O) groups is 3. The van der Waals surface area contributed by atoms with Gasteiger partial charge in [0, 0.05) is 13.1 Å². The predicted octanol–water partition coefficient (Wildman–Crippen LogP) is -12.8. The van der Waals surface area contributed by atoms with Crippen molar-refractivity contribution in [1.29, 1.82) is 0 Å². The fourth-order valence-electron chi connectivity index (χ4n) is 1.81. The summed E-state index contributed by atoms with van der Waals surface area (Å²) < 4.78 is 0. The van der Waals surface area contributed by atoms with Crippen molar-refractivity contribution in [3.63, 3.8) is 0 Å². The Labute approximate surface area is 200 Å². The Balaban J connectivity index is -0.00000133. The molecule has 1 rings (SSSR count). The van der Waals surface area contributed by atoms with Crippen LogP contribution in [0.25, 0.3) is 0 Å². The van der Waals surface area contributed by atoms with Crippen molar-refractivity contribution in [2.24, 2.45) is 0 Å². The first-order valence-corrected chi connectivity index (χ1v) is 5.78. The van der Waals surface area contributed by atoms with Crippen LogP contribution in [0.4, 0.5) is 0 Å². The van der Waals surface area contributed by atoms with Crippen LogP contribution in [-0.2, 0) is 20.8 Å². The van der Waals surface area contributed by atoms with Crippen molar-refractivity contribution in [2.45, 2.75) is 12.5 Å². The average molecular weight is 347 g/mol. The zero-order chi connectivity index (χ0) is 15.1. The van der Waals surface area contributed by atoms with Crippen molar-refractivity contribution in [1.82, 2.24) is 4.90 Å². The molecule has 0 aliphatic heterocycles. The van der Waals surface area contributed by atoms with E-state index in [1.54, 1.807) is 30.3 Å². The third-order valence-electron chi connectivity index (χ3n) is 2.65. The molecule has 0 N–H and O–H groups in total. The molecule has 0 aliphatic carbocycles. The molecule has 7 nitrogen and oxygen atoms in total. The molecule has 0 heterocycles. The zero-order valence-electron chi connectivity index (χ0n) is 13.5. The molecule has 0 aliphatic rings. The molecular formula is C13H12NNa3O6. The van der Waals surface area contributed by atoms with E-state index >= 15 is 0 Å². The van der Waals surface area contributed by atoms with E-state index in [-0.39, 0.29) is 95.1 Å². The third kappa shape index (κ3) is 11.7. The molecule has 0 saturated carbocycles. The molecule has 108 valence electrons. The smallest absolute Gasteiger partial charge is 0.549 e. The Morgan fingerprint density at radius 3 is 1.65 bits per heavy atom. The van der Waals surface area contributed by atoms with Crippen LogP contribution in [0.1, 0.15) is 5.56 Å². The average Bonchev–Trinajstić information content (AvgIpc) is 2.35. The van der Waals surface area contributed by atoms with E-state index in [0.717, 1.165) is 4.90 Å². The molecule has 0 radical (unpaired) electrons. The number of rotatable bonds is 8. The number of nitrogens with zero attached hydrogens (tertiary/aromatic N) is 1. The normalized spacial score (nSPS) is 10.5. The number of hydrogen-bond acceptors (Lipinski definition) is 7. The second-order valence-electron chi connectivity index (χ2n) is 4.17. The molecule has 0 saturated heterocycles. The fraction of sp³-hybridized carbons (Fsp3) is 0.308. The van der Waals surface area contributed by atoms with E-state index < -0.39 is 37.0 Å². The maximum Gasteiger partial charge on any atom is 1.00 e. The molecule has 0 aromatic heterocycles. The summed E-state index contributed by atoms with van der Waals surface area (Å²) in [5.41, 5.74) is 0.614. The van der Waals surface area contributed by atoms with Crippen LogP contribution in [0.2, 0.25) is 0 Å². The maximum absolute atomic E-state index is 11.1. The summed E-state index contributed by atoms with van der Waals surface area (Å²) in [4.78, 5) is 33.0. The van der Waals surface area contributed by atoms with Gasteiger partial charge in [-0.05, 0) is 12.0 Å². The predicted molar refractivity (Wildman–Crippen MR) is 60.5 cm³/mol. The minimum Gasteiger partial charge on any atom is -0.549 e. The first-order chi connectivity index (χ1) is 9.40. The van der Waals surface area contributed by atoms with Gasteiger partial charge in [-0.25, -0.2) is 0 Å². The Bertz CT molecular complexity index is 484. The minimum atomic E-state index is -1.58. The molecule has 0 fully saturated rings. The van der Waals surface area contributed by atoms with Gasteiger partial charge in [0.05, 0.1) is 23.9 Å². The van der Waals surface area contributed by atoms with Crippen LogP contribution in [-0.4, -0.2) is 41.9 Å². The minimum absolute atomic E-state index is 0. The summed E-state index contributed by atoms with van der Waals surface area (Å²) in [7, 11) is 0.